The van der Waals surface area contributed by atoms with Gasteiger partial charge in [0, 0.05) is 7.05 Å². The Bertz CT molecular complexity index is 185. The number of rotatable bonds is 4. The van der Waals surface area contributed by atoms with E-state index in [1.807, 2.05) is 6.92 Å². The normalized spacial score (nSPS) is 12.2. The fourth-order valence-electron chi connectivity index (χ4n) is 0.868. The van der Waals surface area contributed by atoms with Gasteiger partial charge < -0.3 is 5.32 Å². The van der Waals surface area contributed by atoms with Gasteiger partial charge in [0.05, 0.1) is 18.7 Å². The van der Waals surface area contributed by atoms with E-state index in [1.165, 1.54) is 0 Å². The summed E-state index contributed by atoms with van der Waals surface area (Å²) in [6, 6.07) is 1.89. The first-order chi connectivity index (χ1) is 5.65. The molecule has 0 aliphatic rings. The van der Waals surface area contributed by atoms with Gasteiger partial charge in [-0.15, -0.1) is 0 Å². The first-order valence-corrected chi connectivity index (χ1v) is 4.00. The summed E-state index contributed by atoms with van der Waals surface area (Å²) in [5.74, 6) is -0.0565. The number of carbonyl (C=O) groups is 1. The average Bonchev–Trinajstić information content (AvgIpc) is 2.12. The summed E-state index contributed by atoms with van der Waals surface area (Å²) < 4.78 is 0. The van der Waals surface area contributed by atoms with Gasteiger partial charge in [0.15, 0.2) is 0 Å². The molecule has 0 saturated carbocycles. The van der Waals surface area contributed by atoms with E-state index < -0.39 is 0 Å². The molecule has 0 heterocycles. The zero-order chi connectivity index (χ0) is 9.56. The third-order valence-electron chi connectivity index (χ3n) is 1.77. The fraction of sp³-hybridized carbons (Fsp3) is 0.750. The molecule has 1 amide bonds. The van der Waals surface area contributed by atoms with Crippen LogP contribution in [-0.4, -0.2) is 37.0 Å². The molecule has 0 bridgehead atoms. The highest BCUT2D eigenvalue weighted by atomic mass is 16.1. The predicted octanol–water partition coefficient (Wildman–Crippen LogP) is -0.0336. The first-order valence-electron chi connectivity index (χ1n) is 4.00. The summed E-state index contributed by atoms with van der Waals surface area (Å²) in [6.07, 6.45) is 0. The third-order valence-corrected chi connectivity index (χ3v) is 1.77. The highest BCUT2D eigenvalue weighted by Gasteiger charge is 2.13. The third kappa shape index (κ3) is 3.35. The molecule has 0 aromatic carbocycles. The number of hydrogen-bond donors (Lipinski definition) is 1. The lowest BCUT2D eigenvalue weighted by atomic mass is 10.3. The minimum absolute atomic E-state index is 0.0565. The van der Waals surface area contributed by atoms with E-state index in [4.69, 9.17) is 5.26 Å². The van der Waals surface area contributed by atoms with Gasteiger partial charge in [0.25, 0.3) is 0 Å². The Labute approximate surface area is 73.2 Å². The number of carbonyl (C=O) groups excluding carboxylic acids is 1. The summed E-state index contributed by atoms with van der Waals surface area (Å²) in [5.41, 5.74) is 0. The molecule has 0 rings (SSSR count). The standard InChI is InChI=1S/C8H15N3O/c1-4-11(7(2)5-9)6-8(12)10-3/h7H,4,6H2,1-3H3,(H,10,12). The van der Waals surface area contributed by atoms with Crippen molar-refractivity contribution in [1.29, 1.82) is 5.26 Å². The second-order valence-electron chi connectivity index (χ2n) is 2.54. The smallest absolute Gasteiger partial charge is 0.233 e. The Hall–Kier alpha value is -1.08. The van der Waals surface area contributed by atoms with Crippen molar-refractivity contribution < 1.29 is 4.79 Å². The van der Waals surface area contributed by atoms with E-state index >= 15 is 0 Å². The van der Waals surface area contributed by atoms with Crippen LogP contribution < -0.4 is 5.32 Å². The molecule has 0 spiro atoms. The van der Waals surface area contributed by atoms with Gasteiger partial charge in [-0.2, -0.15) is 5.26 Å². The van der Waals surface area contributed by atoms with Crippen molar-refractivity contribution in [3.8, 4) is 6.07 Å². The number of likely N-dealkylation sites (N-methyl/N-ethyl adjacent to an activating group) is 2. The Balaban J connectivity index is 4.01. The minimum Gasteiger partial charge on any atom is -0.358 e. The van der Waals surface area contributed by atoms with Crippen LogP contribution in [0.2, 0.25) is 0 Å². The molecule has 1 N–H and O–H groups in total. The van der Waals surface area contributed by atoms with E-state index in [9.17, 15) is 4.79 Å². The van der Waals surface area contributed by atoms with Gasteiger partial charge >= 0.3 is 0 Å². The van der Waals surface area contributed by atoms with Crippen LogP contribution in [0, 0.1) is 11.3 Å². The molecule has 0 saturated heterocycles. The first kappa shape index (κ1) is 10.9. The summed E-state index contributed by atoms with van der Waals surface area (Å²) in [5, 5.41) is 11.1. The Morgan fingerprint density at radius 1 is 1.75 bits per heavy atom. The minimum atomic E-state index is -0.202. The summed E-state index contributed by atoms with van der Waals surface area (Å²) in [6.45, 7) is 4.72. The van der Waals surface area contributed by atoms with Crippen LogP contribution in [-0.2, 0) is 4.79 Å². The SMILES string of the molecule is CCN(CC(=O)NC)C(C)C#N. The van der Waals surface area contributed by atoms with Crippen LogP contribution in [0.4, 0.5) is 0 Å². The number of hydrogen-bond acceptors (Lipinski definition) is 3. The van der Waals surface area contributed by atoms with Gasteiger partial charge in [-0.3, -0.25) is 9.69 Å². The van der Waals surface area contributed by atoms with E-state index in [0.717, 1.165) is 0 Å². The van der Waals surface area contributed by atoms with Crippen molar-refractivity contribution in [2.75, 3.05) is 20.1 Å². The Morgan fingerprint density at radius 3 is 2.67 bits per heavy atom. The summed E-state index contributed by atoms with van der Waals surface area (Å²) >= 11 is 0. The van der Waals surface area contributed by atoms with Crippen LogP contribution in [0.5, 0.6) is 0 Å². The monoisotopic (exact) mass is 169 g/mol. The maximum absolute atomic E-state index is 10.9. The molecular weight excluding hydrogens is 154 g/mol. The molecule has 4 heteroatoms. The number of nitrogens with one attached hydrogen (secondary N) is 1. The number of nitriles is 1. The van der Waals surface area contributed by atoms with Gasteiger partial charge in [0.1, 0.15) is 0 Å². The lowest BCUT2D eigenvalue weighted by Crippen LogP contribution is -2.40. The van der Waals surface area contributed by atoms with Crippen LogP contribution in [0.25, 0.3) is 0 Å². The molecule has 0 aromatic heterocycles. The molecular formula is C8H15N3O. The number of amides is 1. The van der Waals surface area contributed by atoms with Crippen molar-refractivity contribution in [3.05, 3.63) is 0 Å². The van der Waals surface area contributed by atoms with Crippen LogP contribution in [0.1, 0.15) is 13.8 Å². The predicted molar refractivity (Wildman–Crippen MR) is 46.4 cm³/mol. The number of nitrogens with zero attached hydrogens (tertiary/aromatic N) is 2. The molecule has 0 radical (unpaired) electrons. The van der Waals surface area contributed by atoms with Crippen LogP contribution in [0.15, 0.2) is 0 Å². The molecule has 0 aliphatic heterocycles. The lowest BCUT2D eigenvalue weighted by molar-refractivity contribution is -0.121. The van der Waals surface area contributed by atoms with Gasteiger partial charge in [-0.1, -0.05) is 6.92 Å². The van der Waals surface area contributed by atoms with Crippen LogP contribution in [0.3, 0.4) is 0 Å². The van der Waals surface area contributed by atoms with Crippen molar-refractivity contribution in [2.24, 2.45) is 0 Å². The van der Waals surface area contributed by atoms with Crippen molar-refractivity contribution in [2.45, 2.75) is 19.9 Å². The molecule has 0 aromatic rings. The second kappa shape index (κ2) is 5.56. The maximum atomic E-state index is 10.9. The zero-order valence-corrected chi connectivity index (χ0v) is 7.79. The van der Waals surface area contributed by atoms with E-state index in [1.54, 1.807) is 18.9 Å². The van der Waals surface area contributed by atoms with Crippen LogP contribution >= 0.6 is 0 Å². The second-order valence-corrected chi connectivity index (χ2v) is 2.54. The molecule has 68 valence electrons. The van der Waals surface area contributed by atoms with Gasteiger partial charge in [0.2, 0.25) is 5.91 Å². The van der Waals surface area contributed by atoms with E-state index in [2.05, 4.69) is 11.4 Å². The Kier molecular flexibility index (Phi) is 5.06. The molecule has 0 aliphatic carbocycles. The van der Waals surface area contributed by atoms with Crippen molar-refractivity contribution in [3.63, 3.8) is 0 Å². The molecule has 0 fully saturated rings. The van der Waals surface area contributed by atoms with Crippen molar-refractivity contribution in [1.82, 2.24) is 10.2 Å². The topological polar surface area (TPSA) is 56.1 Å². The quantitative estimate of drug-likeness (QED) is 0.642. The summed E-state index contributed by atoms with van der Waals surface area (Å²) in [7, 11) is 1.59. The zero-order valence-electron chi connectivity index (χ0n) is 7.79. The fourth-order valence-corrected chi connectivity index (χ4v) is 0.868. The van der Waals surface area contributed by atoms with E-state index in [0.29, 0.717) is 13.1 Å². The van der Waals surface area contributed by atoms with Gasteiger partial charge in [-0.05, 0) is 13.5 Å². The van der Waals surface area contributed by atoms with E-state index in [-0.39, 0.29) is 11.9 Å². The highest BCUT2D eigenvalue weighted by Crippen LogP contribution is 1.95. The molecule has 1 atom stereocenters. The Morgan fingerprint density at radius 2 is 2.33 bits per heavy atom. The molecule has 1 unspecified atom stereocenters. The summed E-state index contributed by atoms with van der Waals surface area (Å²) in [4.78, 5) is 12.7. The average molecular weight is 169 g/mol. The maximum Gasteiger partial charge on any atom is 0.233 e. The molecule has 4 nitrogen and oxygen atoms in total. The largest absolute Gasteiger partial charge is 0.358 e. The van der Waals surface area contributed by atoms with Crippen molar-refractivity contribution >= 4 is 5.91 Å². The van der Waals surface area contributed by atoms with Gasteiger partial charge in [-0.25, -0.2) is 0 Å². The lowest BCUT2D eigenvalue weighted by Gasteiger charge is -2.21. The highest BCUT2D eigenvalue weighted by molar-refractivity contribution is 5.77. The molecule has 12 heavy (non-hydrogen) atoms.